The Hall–Kier alpha value is -1.44. The van der Waals surface area contributed by atoms with Gasteiger partial charge in [0, 0.05) is 0 Å². The number of hydrogen-bond donors (Lipinski definition) is 2. The molecule has 8 heteroatoms. The van der Waals surface area contributed by atoms with E-state index in [-0.39, 0.29) is 6.07 Å². The number of benzene rings is 1. The molecule has 0 aliphatic rings. The average Bonchev–Trinajstić information content (AvgIpc) is 2.14. The SMILES string of the molecule is ONc1cc(C(F)(F)F)cc(C(F)(F)F)c1. The van der Waals surface area contributed by atoms with Crippen molar-refractivity contribution in [3.05, 3.63) is 29.3 Å². The minimum Gasteiger partial charge on any atom is -0.291 e. The molecule has 16 heavy (non-hydrogen) atoms. The summed E-state index contributed by atoms with van der Waals surface area (Å²) in [7, 11) is 0. The monoisotopic (exact) mass is 245 g/mol. The van der Waals surface area contributed by atoms with Gasteiger partial charge in [0.15, 0.2) is 0 Å². The Morgan fingerprint density at radius 3 is 1.44 bits per heavy atom. The molecule has 2 N–H and O–H groups in total. The first kappa shape index (κ1) is 12.6. The van der Waals surface area contributed by atoms with Crippen LogP contribution < -0.4 is 5.48 Å². The predicted octanol–water partition coefficient (Wildman–Crippen LogP) is 3.53. The van der Waals surface area contributed by atoms with Crippen molar-refractivity contribution in [2.45, 2.75) is 12.4 Å². The topological polar surface area (TPSA) is 32.3 Å². The van der Waals surface area contributed by atoms with Crippen molar-refractivity contribution in [2.24, 2.45) is 0 Å². The summed E-state index contributed by atoms with van der Waals surface area (Å²) in [5.41, 5.74) is -2.40. The molecule has 0 aromatic heterocycles. The van der Waals surface area contributed by atoms with Crippen LogP contribution in [0.25, 0.3) is 0 Å². The molecule has 0 fully saturated rings. The van der Waals surface area contributed by atoms with Crippen LogP contribution in [0.3, 0.4) is 0 Å². The van der Waals surface area contributed by atoms with Crippen molar-refractivity contribution in [3.63, 3.8) is 0 Å². The van der Waals surface area contributed by atoms with Crippen molar-refractivity contribution < 1.29 is 31.5 Å². The van der Waals surface area contributed by atoms with Crippen LogP contribution in [0, 0.1) is 0 Å². The van der Waals surface area contributed by atoms with E-state index in [1.54, 1.807) is 0 Å². The molecule has 0 saturated carbocycles. The van der Waals surface area contributed by atoms with E-state index in [0.717, 1.165) is 0 Å². The average molecular weight is 245 g/mol. The Morgan fingerprint density at radius 1 is 0.812 bits per heavy atom. The maximum atomic E-state index is 12.2. The van der Waals surface area contributed by atoms with Crippen LogP contribution in [0.5, 0.6) is 0 Å². The number of alkyl halides is 6. The van der Waals surface area contributed by atoms with Crippen molar-refractivity contribution in [1.82, 2.24) is 0 Å². The van der Waals surface area contributed by atoms with Gasteiger partial charge in [0.05, 0.1) is 16.8 Å². The van der Waals surface area contributed by atoms with Crippen molar-refractivity contribution in [3.8, 4) is 0 Å². The van der Waals surface area contributed by atoms with E-state index in [1.165, 1.54) is 5.48 Å². The highest BCUT2D eigenvalue weighted by Gasteiger charge is 2.36. The van der Waals surface area contributed by atoms with Crippen molar-refractivity contribution in [2.75, 3.05) is 5.48 Å². The molecule has 0 spiro atoms. The van der Waals surface area contributed by atoms with Crippen LogP contribution in [0.1, 0.15) is 11.1 Å². The molecule has 2 nitrogen and oxygen atoms in total. The maximum absolute atomic E-state index is 12.2. The first-order chi connectivity index (χ1) is 7.14. The van der Waals surface area contributed by atoms with Gasteiger partial charge in [-0.3, -0.25) is 10.7 Å². The standard InChI is InChI=1S/C8H5F6NO/c9-7(10,11)4-1-5(8(12,13)14)3-6(2-4)15-16/h1-3,15-16H. The predicted molar refractivity (Wildman–Crippen MR) is 41.9 cm³/mol. The summed E-state index contributed by atoms with van der Waals surface area (Å²) < 4.78 is 73.2. The van der Waals surface area contributed by atoms with E-state index >= 15 is 0 Å². The molecule has 0 aliphatic heterocycles. The van der Waals surface area contributed by atoms with Gasteiger partial charge in [-0.05, 0) is 18.2 Å². The number of halogens is 6. The molecule has 0 heterocycles. The molecule has 0 amide bonds. The number of hydrogen-bond acceptors (Lipinski definition) is 2. The molecule has 0 atom stereocenters. The third-order valence-corrected chi connectivity index (χ3v) is 1.72. The van der Waals surface area contributed by atoms with E-state index in [9.17, 15) is 26.3 Å². The molecule has 0 aliphatic carbocycles. The summed E-state index contributed by atoms with van der Waals surface area (Å²) in [6.07, 6.45) is -9.82. The smallest absolute Gasteiger partial charge is 0.291 e. The number of anilines is 1. The fraction of sp³-hybridized carbons (Fsp3) is 0.250. The zero-order chi connectivity index (χ0) is 12.6. The molecule has 0 radical (unpaired) electrons. The Balaban J connectivity index is 3.33. The highest BCUT2D eigenvalue weighted by molar-refractivity contribution is 5.48. The third kappa shape index (κ3) is 2.78. The van der Waals surface area contributed by atoms with Gasteiger partial charge >= 0.3 is 12.4 Å². The Labute approximate surface area is 85.5 Å². The maximum Gasteiger partial charge on any atom is 0.416 e. The molecule has 1 aromatic rings. The van der Waals surface area contributed by atoms with Gasteiger partial charge in [-0.25, -0.2) is 0 Å². The normalized spacial score (nSPS) is 12.7. The lowest BCUT2D eigenvalue weighted by molar-refractivity contribution is -0.143. The lowest BCUT2D eigenvalue weighted by atomic mass is 10.1. The van der Waals surface area contributed by atoms with E-state index in [0.29, 0.717) is 12.1 Å². The Morgan fingerprint density at radius 2 is 1.19 bits per heavy atom. The highest BCUT2D eigenvalue weighted by Crippen LogP contribution is 2.37. The Kier molecular flexibility index (Phi) is 3.04. The summed E-state index contributed by atoms with van der Waals surface area (Å²) in [4.78, 5) is 0. The minimum absolute atomic E-state index is 0.0269. The molecule has 0 unspecified atom stereocenters. The molecular weight excluding hydrogens is 240 g/mol. The summed E-state index contributed by atoms with van der Waals surface area (Å²) >= 11 is 0. The van der Waals surface area contributed by atoms with Crippen LogP contribution >= 0.6 is 0 Å². The number of nitrogens with one attached hydrogen (secondary N) is 1. The van der Waals surface area contributed by atoms with Gasteiger partial charge in [0.25, 0.3) is 0 Å². The quantitative estimate of drug-likeness (QED) is 0.586. The third-order valence-electron chi connectivity index (χ3n) is 1.72. The summed E-state index contributed by atoms with van der Waals surface area (Å²) in [6, 6.07) is 0.714. The van der Waals surface area contributed by atoms with Crippen LogP contribution in [0.2, 0.25) is 0 Å². The lowest BCUT2D eigenvalue weighted by Crippen LogP contribution is -2.11. The molecule has 0 bridgehead atoms. The molecule has 1 rings (SSSR count). The molecule has 1 aromatic carbocycles. The minimum atomic E-state index is -4.91. The summed E-state index contributed by atoms with van der Waals surface area (Å²) in [5, 5.41) is 8.33. The first-order valence-corrected chi connectivity index (χ1v) is 3.84. The van der Waals surface area contributed by atoms with Crippen molar-refractivity contribution >= 4 is 5.69 Å². The number of rotatable bonds is 1. The van der Waals surface area contributed by atoms with Gasteiger partial charge < -0.3 is 0 Å². The van der Waals surface area contributed by atoms with Crippen LogP contribution in [-0.4, -0.2) is 5.21 Å². The van der Waals surface area contributed by atoms with E-state index in [1.807, 2.05) is 0 Å². The van der Waals surface area contributed by atoms with Crippen LogP contribution in [0.15, 0.2) is 18.2 Å². The second-order valence-corrected chi connectivity index (χ2v) is 2.91. The Bertz CT molecular complexity index is 351. The van der Waals surface area contributed by atoms with Gasteiger partial charge in [-0.1, -0.05) is 0 Å². The summed E-state index contributed by atoms with van der Waals surface area (Å²) in [5.74, 6) is 0. The highest BCUT2D eigenvalue weighted by atomic mass is 19.4. The summed E-state index contributed by atoms with van der Waals surface area (Å²) in [6.45, 7) is 0. The molecule has 90 valence electrons. The van der Waals surface area contributed by atoms with Crippen molar-refractivity contribution in [1.29, 1.82) is 0 Å². The molecular formula is C8H5F6NO. The van der Waals surface area contributed by atoms with Gasteiger partial charge in [0.2, 0.25) is 0 Å². The second-order valence-electron chi connectivity index (χ2n) is 2.91. The fourth-order valence-electron chi connectivity index (χ4n) is 1.02. The first-order valence-electron chi connectivity index (χ1n) is 3.84. The lowest BCUT2D eigenvalue weighted by Gasteiger charge is -2.13. The second kappa shape index (κ2) is 3.85. The molecule has 0 saturated heterocycles. The van der Waals surface area contributed by atoms with E-state index in [4.69, 9.17) is 5.21 Å². The zero-order valence-corrected chi connectivity index (χ0v) is 7.45. The largest absolute Gasteiger partial charge is 0.416 e. The van der Waals surface area contributed by atoms with Crippen LogP contribution in [-0.2, 0) is 12.4 Å². The van der Waals surface area contributed by atoms with Gasteiger partial charge in [0.1, 0.15) is 0 Å². The fourth-order valence-corrected chi connectivity index (χ4v) is 1.02. The van der Waals surface area contributed by atoms with E-state index in [2.05, 4.69) is 0 Å². The zero-order valence-electron chi connectivity index (χ0n) is 7.45. The van der Waals surface area contributed by atoms with Gasteiger partial charge in [-0.15, -0.1) is 0 Å². The van der Waals surface area contributed by atoms with Crippen LogP contribution in [0.4, 0.5) is 32.0 Å². The van der Waals surface area contributed by atoms with Gasteiger partial charge in [-0.2, -0.15) is 26.3 Å². The van der Waals surface area contributed by atoms with E-state index < -0.39 is 29.2 Å².